The molecule has 42 heavy (non-hydrogen) atoms. The molecular weight excluding hydrogens is 532 g/mol. The van der Waals surface area contributed by atoms with E-state index >= 15 is 0 Å². The number of rotatable bonds is 10. The fourth-order valence-corrected chi connectivity index (χ4v) is 5.33. The van der Waals surface area contributed by atoms with Crippen LogP contribution in [0.2, 0.25) is 0 Å². The molecule has 4 aromatic rings. The number of ether oxygens (including phenoxy) is 3. The largest absolute Gasteiger partial charge is 0.495 e. The van der Waals surface area contributed by atoms with E-state index in [2.05, 4.69) is 41.5 Å². The van der Waals surface area contributed by atoms with E-state index < -0.39 is 6.04 Å². The Balaban J connectivity index is 1.62. The van der Waals surface area contributed by atoms with Crippen LogP contribution in [0.5, 0.6) is 17.2 Å². The average Bonchev–Trinajstić information content (AvgIpc) is 3.44. The van der Waals surface area contributed by atoms with E-state index in [1.165, 1.54) is 0 Å². The molecule has 1 atom stereocenters. The van der Waals surface area contributed by atoms with Crippen LogP contribution in [0.25, 0.3) is 11.4 Å². The number of para-hydroxylation sites is 3. The lowest BCUT2D eigenvalue weighted by molar-refractivity contribution is -0.113. The van der Waals surface area contributed by atoms with Gasteiger partial charge in [0.25, 0.3) is 5.91 Å². The Bertz CT molecular complexity index is 1610. The molecule has 0 bridgehead atoms. The highest BCUT2D eigenvalue weighted by Crippen LogP contribution is 2.43. The fourth-order valence-electron chi connectivity index (χ4n) is 5.33. The molecule has 1 amide bonds. The number of aromatic nitrogens is 3. The van der Waals surface area contributed by atoms with Crippen molar-refractivity contribution in [3.63, 3.8) is 0 Å². The SMILES string of the molecule is CCN(CC)c1ccc(-c2nc3n(n2)C(c2cccc(OC)c2OC)C(C(=O)Nc2ccccc2OC)=C(C)N3)cc1. The van der Waals surface area contributed by atoms with Gasteiger partial charge in [-0.25, -0.2) is 4.68 Å². The fraction of sp³-hybridized carbons (Fsp3) is 0.281. The van der Waals surface area contributed by atoms with Gasteiger partial charge < -0.3 is 29.7 Å². The highest BCUT2D eigenvalue weighted by atomic mass is 16.5. The van der Waals surface area contributed by atoms with E-state index in [0.717, 1.165) is 24.3 Å². The van der Waals surface area contributed by atoms with Crippen LogP contribution in [-0.4, -0.2) is 55.1 Å². The van der Waals surface area contributed by atoms with E-state index in [-0.39, 0.29) is 5.91 Å². The van der Waals surface area contributed by atoms with Crippen LogP contribution < -0.4 is 29.7 Å². The van der Waals surface area contributed by atoms with Gasteiger partial charge in [0.1, 0.15) is 11.8 Å². The predicted molar refractivity (Wildman–Crippen MR) is 165 cm³/mol. The van der Waals surface area contributed by atoms with Crippen LogP contribution in [0.15, 0.2) is 78.0 Å². The Morgan fingerprint density at radius 1 is 0.929 bits per heavy atom. The number of hydrogen-bond acceptors (Lipinski definition) is 8. The van der Waals surface area contributed by atoms with Crippen LogP contribution in [0.1, 0.15) is 32.4 Å². The standard InChI is InChI=1S/C32H36N6O4/c1-7-37(8-2)22-18-16-21(17-19-22)30-35-32-33-20(3)27(31(39)34-24-13-9-10-14-25(24)40-4)28(38(32)36-30)23-12-11-15-26(41-5)29(23)42-6/h9-19,28H,7-8H2,1-6H3,(H,34,39)(H,33,35,36). The first-order chi connectivity index (χ1) is 20.4. The number of anilines is 3. The molecule has 0 fully saturated rings. The van der Waals surface area contributed by atoms with Crippen molar-refractivity contribution in [2.45, 2.75) is 26.8 Å². The Morgan fingerprint density at radius 3 is 2.29 bits per heavy atom. The van der Waals surface area contributed by atoms with Crippen molar-refractivity contribution in [3.8, 4) is 28.6 Å². The summed E-state index contributed by atoms with van der Waals surface area (Å²) in [5.74, 6) is 2.35. The van der Waals surface area contributed by atoms with Gasteiger partial charge in [-0.15, -0.1) is 5.10 Å². The van der Waals surface area contributed by atoms with Gasteiger partial charge in [-0.2, -0.15) is 4.98 Å². The summed E-state index contributed by atoms with van der Waals surface area (Å²) >= 11 is 0. The molecule has 1 aliphatic heterocycles. The smallest absolute Gasteiger partial charge is 0.255 e. The maximum atomic E-state index is 14.0. The third-order valence-corrected chi connectivity index (χ3v) is 7.43. The molecule has 3 aromatic carbocycles. The van der Waals surface area contributed by atoms with Gasteiger partial charge in [0.05, 0.1) is 32.6 Å². The Morgan fingerprint density at radius 2 is 1.62 bits per heavy atom. The summed E-state index contributed by atoms with van der Waals surface area (Å²) in [4.78, 5) is 21.1. The van der Waals surface area contributed by atoms with Crippen LogP contribution in [0, 0.1) is 0 Å². The van der Waals surface area contributed by atoms with E-state index in [0.29, 0.717) is 51.5 Å². The van der Waals surface area contributed by atoms with Crippen molar-refractivity contribution in [1.82, 2.24) is 14.8 Å². The number of carbonyl (C=O) groups is 1. The summed E-state index contributed by atoms with van der Waals surface area (Å²) in [7, 11) is 4.74. The van der Waals surface area contributed by atoms with Crippen LogP contribution in [0.4, 0.5) is 17.3 Å². The molecule has 0 radical (unpaired) electrons. The molecule has 10 nitrogen and oxygen atoms in total. The molecule has 2 N–H and O–H groups in total. The minimum atomic E-state index is -0.669. The summed E-state index contributed by atoms with van der Waals surface area (Å²) in [5.41, 5.74) is 4.35. The van der Waals surface area contributed by atoms with E-state index in [1.807, 2.05) is 49.4 Å². The number of nitrogens with one attached hydrogen (secondary N) is 2. The first kappa shape index (κ1) is 28.5. The van der Waals surface area contributed by atoms with Crippen LogP contribution in [-0.2, 0) is 4.79 Å². The van der Waals surface area contributed by atoms with Gasteiger partial charge in [0, 0.05) is 35.6 Å². The van der Waals surface area contributed by atoms with Crippen molar-refractivity contribution in [2.24, 2.45) is 0 Å². The zero-order chi connectivity index (χ0) is 29.8. The Labute approximate surface area is 245 Å². The van der Waals surface area contributed by atoms with Gasteiger partial charge in [-0.1, -0.05) is 24.3 Å². The second-order valence-electron chi connectivity index (χ2n) is 9.73. The summed E-state index contributed by atoms with van der Waals surface area (Å²) in [5, 5.41) is 11.3. The molecule has 10 heteroatoms. The van der Waals surface area contributed by atoms with E-state index in [1.54, 1.807) is 38.1 Å². The molecule has 0 spiro atoms. The second-order valence-corrected chi connectivity index (χ2v) is 9.73. The minimum absolute atomic E-state index is 0.314. The normalized spacial score (nSPS) is 14.1. The highest BCUT2D eigenvalue weighted by Gasteiger charge is 2.37. The maximum Gasteiger partial charge on any atom is 0.255 e. The third-order valence-electron chi connectivity index (χ3n) is 7.43. The highest BCUT2D eigenvalue weighted by molar-refractivity contribution is 6.06. The predicted octanol–water partition coefficient (Wildman–Crippen LogP) is 5.74. The number of hydrogen-bond donors (Lipinski definition) is 2. The van der Waals surface area contributed by atoms with Gasteiger partial charge in [0.15, 0.2) is 17.3 Å². The van der Waals surface area contributed by atoms with Crippen molar-refractivity contribution >= 4 is 23.2 Å². The number of amides is 1. The van der Waals surface area contributed by atoms with E-state index in [4.69, 9.17) is 24.3 Å². The zero-order valence-corrected chi connectivity index (χ0v) is 24.8. The lowest BCUT2D eigenvalue weighted by Crippen LogP contribution is -2.32. The summed E-state index contributed by atoms with van der Waals surface area (Å²) in [6.07, 6.45) is 0. The number of methoxy groups -OCH3 is 3. The van der Waals surface area contributed by atoms with E-state index in [9.17, 15) is 4.79 Å². The van der Waals surface area contributed by atoms with Crippen molar-refractivity contribution in [1.29, 1.82) is 0 Å². The molecule has 0 aliphatic carbocycles. The van der Waals surface area contributed by atoms with Crippen LogP contribution in [0.3, 0.4) is 0 Å². The first-order valence-electron chi connectivity index (χ1n) is 13.9. The molecular formula is C32H36N6O4. The minimum Gasteiger partial charge on any atom is -0.495 e. The van der Waals surface area contributed by atoms with Gasteiger partial charge in [0.2, 0.25) is 5.95 Å². The third kappa shape index (κ3) is 5.23. The molecule has 5 rings (SSSR count). The molecule has 2 heterocycles. The lowest BCUT2D eigenvalue weighted by atomic mass is 9.94. The summed E-state index contributed by atoms with van der Waals surface area (Å²) in [6, 6.07) is 20.4. The zero-order valence-electron chi connectivity index (χ0n) is 24.8. The van der Waals surface area contributed by atoms with Gasteiger partial charge in [-0.05, 0) is 63.2 Å². The number of nitrogens with zero attached hydrogens (tertiary/aromatic N) is 4. The number of allylic oxidation sites excluding steroid dienone is 1. The van der Waals surface area contributed by atoms with Gasteiger partial charge >= 0.3 is 0 Å². The van der Waals surface area contributed by atoms with Crippen LogP contribution >= 0.6 is 0 Å². The first-order valence-corrected chi connectivity index (χ1v) is 13.9. The quantitative estimate of drug-likeness (QED) is 0.250. The monoisotopic (exact) mass is 568 g/mol. The number of carbonyl (C=O) groups excluding carboxylic acids is 1. The molecule has 1 unspecified atom stereocenters. The maximum absolute atomic E-state index is 14.0. The second kappa shape index (κ2) is 12.3. The molecule has 218 valence electrons. The van der Waals surface area contributed by atoms with Crippen molar-refractivity contribution < 1.29 is 19.0 Å². The molecule has 1 aromatic heterocycles. The van der Waals surface area contributed by atoms with Crippen molar-refractivity contribution in [3.05, 3.63) is 83.6 Å². The molecule has 1 aliphatic rings. The van der Waals surface area contributed by atoms with Crippen molar-refractivity contribution in [2.75, 3.05) is 50.0 Å². The average molecular weight is 569 g/mol. The molecule has 0 saturated carbocycles. The topological polar surface area (TPSA) is 103 Å². The number of fused-ring (bicyclic) bond motifs is 1. The Kier molecular flexibility index (Phi) is 8.33. The summed E-state index contributed by atoms with van der Waals surface area (Å²) < 4.78 is 18.6. The summed E-state index contributed by atoms with van der Waals surface area (Å²) in [6.45, 7) is 7.97. The molecule has 0 saturated heterocycles. The Hall–Kier alpha value is -4.99. The lowest BCUT2D eigenvalue weighted by Gasteiger charge is -2.30. The number of benzene rings is 3. The van der Waals surface area contributed by atoms with Gasteiger partial charge in [-0.3, -0.25) is 4.79 Å².